The van der Waals surface area contributed by atoms with Crippen LogP contribution in [0.15, 0.2) is 28.7 Å². The molecule has 0 fully saturated rings. The van der Waals surface area contributed by atoms with Gasteiger partial charge in [-0.1, -0.05) is 35.0 Å². The summed E-state index contributed by atoms with van der Waals surface area (Å²) in [5.74, 6) is 1.20. The van der Waals surface area contributed by atoms with Crippen LogP contribution in [-0.2, 0) is 0 Å². The second kappa shape index (κ2) is 10.7. The third-order valence-corrected chi connectivity index (χ3v) is 5.19. The zero-order valence-electron chi connectivity index (χ0n) is 13.7. The van der Waals surface area contributed by atoms with E-state index in [1.807, 2.05) is 11.8 Å². The zero-order chi connectivity index (χ0) is 15.7. The highest BCUT2D eigenvalue weighted by atomic mass is 79.9. The topological polar surface area (TPSA) is 15.3 Å². The van der Waals surface area contributed by atoms with Crippen molar-refractivity contribution in [3.8, 4) is 0 Å². The lowest BCUT2D eigenvalue weighted by Crippen LogP contribution is -2.34. The maximum absolute atomic E-state index is 3.68. The highest BCUT2D eigenvalue weighted by molar-refractivity contribution is 9.10. The van der Waals surface area contributed by atoms with E-state index in [4.69, 9.17) is 0 Å². The van der Waals surface area contributed by atoms with Crippen molar-refractivity contribution in [1.29, 1.82) is 0 Å². The summed E-state index contributed by atoms with van der Waals surface area (Å²) in [5.41, 5.74) is 1.39. The first-order valence-corrected chi connectivity index (χ1v) is 9.95. The van der Waals surface area contributed by atoms with Crippen molar-refractivity contribution in [2.24, 2.45) is 0 Å². The Bertz CT molecular complexity index is 383. The minimum absolute atomic E-state index is 0.446. The Balaban J connectivity index is 2.59. The SMILES string of the molecule is CCCNC(CCN(C)C(C)CSC)c1ccc(Br)cc1. The van der Waals surface area contributed by atoms with E-state index >= 15 is 0 Å². The fraction of sp³-hybridized carbons (Fsp3) is 0.647. The molecule has 0 saturated heterocycles. The molecule has 0 amide bonds. The quantitative estimate of drug-likeness (QED) is 0.647. The molecule has 0 heterocycles. The van der Waals surface area contributed by atoms with E-state index in [1.165, 1.54) is 17.7 Å². The van der Waals surface area contributed by atoms with Crippen molar-refractivity contribution >= 4 is 27.7 Å². The van der Waals surface area contributed by atoms with Gasteiger partial charge in [-0.05, 0) is 63.9 Å². The average molecular weight is 373 g/mol. The molecule has 0 aromatic heterocycles. The van der Waals surface area contributed by atoms with Crippen LogP contribution in [0.25, 0.3) is 0 Å². The number of nitrogens with one attached hydrogen (secondary N) is 1. The maximum Gasteiger partial charge on any atom is 0.0332 e. The average Bonchev–Trinajstić information content (AvgIpc) is 2.48. The Kier molecular flexibility index (Phi) is 9.65. The van der Waals surface area contributed by atoms with Gasteiger partial charge in [0.25, 0.3) is 0 Å². The van der Waals surface area contributed by atoms with Gasteiger partial charge < -0.3 is 10.2 Å². The van der Waals surface area contributed by atoms with E-state index in [9.17, 15) is 0 Å². The third kappa shape index (κ3) is 7.18. The van der Waals surface area contributed by atoms with Crippen molar-refractivity contribution < 1.29 is 0 Å². The molecular weight excluding hydrogens is 344 g/mol. The molecule has 1 N–H and O–H groups in total. The van der Waals surface area contributed by atoms with Gasteiger partial charge >= 0.3 is 0 Å². The van der Waals surface area contributed by atoms with E-state index in [0.29, 0.717) is 12.1 Å². The van der Waals surface area contributed by atoms with Gasteiger partial charge in [-0.15, -0.1) is 0 Å². The lowest BCUT2D eigenvalue weighted by atomic mass is 10.0. The smallest absolute Gasteiger partial charge is 0.0332 e. The summed E-state index contributed by atoms with van der Waals surface area (Å²) in [5, 5.41) is 3.68. The largest absolute Gasteiger partial charge is 0.310 e. The fourth-order valence-corrected chi connectivity index (χ4v) is 3.32. The Morgan fingerprint density at radius 1 is 1.29 bits per heavy atom. The highest BCUT2D eigenvalue weighted by Gasteiger charge is 2.14. The normalized spacial score (nSPS) is 14.4. The number of hydrogen-bond acceptors (Lipinski definition) is 3. The van der Waals surface area contributed by atoms with Crippen LogP contribution < -0.4 is 5.32 Å². The maximum atomic E-state index is 3.68. The Hall–Kier alpha value is -0.0300. The van der Waals surface area contributed by atoms with Crippen molar-refractivity contribution in [2.75, 3.05) is 32.1 Å². The molecule has 0 radical (unpaired) electrons. The van der Waals surface area contributed by atoms with Gasteiger partial charge in [-0.3, -0.25) is 0 Å². The Labute approximate surface area is 143 Å². The van der Waals surface area contributed by atoms with E-state index < -0.39 is 0 Å². The summed E-state index contributed by atoms with van der Waals surface area (Å²) in [4.78, 5) is 2.47. The van der Waals surface area contributed by atoms with Gasteiger partial charge in [0, 0.05) is 22.3 Å². The Morgan fingerprint density at radius 2 is 1.95 bits per heavy atom. The molecule has 0 aliphatic rings. The van der Waals surface area contributed by atoms with Crippen LogP contribution in [0.1, 0.15) is 38.3 Å². The van der Waals surface area contributed by atoms with E-state index in [1.54, 1.807) is 0 Å². The van der Waals surface area contributed by atoms with Crippen LogP contribution in [0, 0.1) is 0 Å². The predicted molar refractivity (Wildman–Crippen MR) is 100 cm³/mol. The van der Waals surface area contributed by atoms with Gasteiger partial charge in [0.1, 0.15) is 0 Å². The van der Waals surface area contributed by atoms with Gasteiger partial charge in [-0.25, -0.2) is 0 Å². The highest BCUT2D eigenvalue weighted by Crippen LogP contribution is 2.20. The third-order valence-electron chi connectivity index (χ3n) is 3.84. The zero-order valence-corrected chi connectivity index (χ0v) is 16.1. The van der Waals surface area contributed by atoms with Crippen molar-refractivity contribution in [3.05, 3.63) is 34.3 Å². The predicted octanol–water partition coefficient (Wildman–Crippen LogP) is 4.56. The molecule has 0 spiro atoms. The second-order valence-electron chi connectivity index (χ2n) is 5.63. The number of hydrogen-bond donors (Lipinski definition) is 1. The molecular formula is C17H29BrN2S. The van der Waals surface area contributed by atoms with Gasteiger partial charge in [0.2, 0.25) is 0 Å². The molecule has 2 unspecified atom stereocenters. The number of rotatable bonds is 10. The summed E-state index contributed by atoms with van der Waals surface area (Å²) in [6, 6.07) is 9.80. The van der Waals surface area contributed by atoms with E-state index in [-0.39, 0.29) is 0 Å². The van der Waals surface area contributed by atoms with Crippen LogP contribution in [-0.4, -0.2) is 43.1 Å². The minimum atomic E-state index is 0.446. The van der Waals surface area contributed by atoms with Crippen LogP contribution in [0.3, 0.4) is 0 Å². The van der Waals surface area contributed by atoms with Crippen LogP contribution >= 0.6 is 27.7 Å². The summed E-state index contributed by atoms with van der Waals surface area (Å²) in [6.45, 7) is 6.73. The molecule has 0 bridgehead atoms. The minimum Gasteiger partial charge on any atom is -0.310 e. The number of benzene rings is 1. The molecule has 4 heteroatoms. The van der Waals surface area contributed by atoms with Crippen molar-refractivity contribution in [2.45, 2.75) is 38.8 Å². The molecule has 0 saturated carbocycles. The molecule has 0 aliphatic carbocycles. The van der Waals surface area contributed by atoms with Crippen molar-refractivity contribution in [3.63, 3.8) is 0 Å². The molecule has 1 aromatic rings. The fourth-order valence-electron chi connectivity index (χ4n) is 2.32. The van der Waals surface area contributed by atoms with Crippen molar-refractivity contribution in [1.82, 2.24) is 10.2 Å². The molecule has 120 valence electrons. The molecule has 1 rings (SSSR count). The van der Waals surface area contributed by atoms with E-state index in [0.717, 1.165) is 24.0 Å². The standard InChI is InChI=1S/C17H29BrN2S/c1-5-11-19-17(15-6-8-16(18)9-7-15)10-12-20(3)14(2)13-21-4/h6-9,14,17,19H,5,10-13H2,1-4H3. The molecule has 21 heavy (non-hydrogen) atoms. The first-order chi connectivity index (χ1) is 10.1. The summed E-state index contributed by atoms with van der Waals surface area (Å²) < 4.78 is 1.14. The molecule has 1 aromatic carbocycles. The monoisotopic (exact) mass is 372 g/mol. The number of nitrogens with zero attached hydrogens (tertiary/aromatic N) is 1. The van der Waals surface area contributed by atoms with Gasteiger partial charge in [0.15, 0.2) is 0 Å². The van der Waals surface area contributed by atoms with Crippen LogP contribution in [0.4, 0.5) is 0 Å². The number of thioether (sulfide) groups is 1. The summed E-state index contributed by atoms with van der Waals surface area (Å²) >= 11 is 5.44. The van der Waals surface area contributed by atoms with Gasteiger partial charge in [-0.2, -0.15) is 11.8 Å². The van der Waals surface area contributed by atoms with E-state index in [2.05, 4.69) is 77.6 Å². The second-order valence-corrected chi connectivity index (χ2v) is 7.46. The molecule has 0 aliphatic heterocycles. The lowest BCUT2D eigenvalue weighted by Gasteiger charge is -2.27. The number of halogens is 1. The van der Waals surface area contributed by atoms with Crippen LogP contribution in [0.2, 0.25) is 0 Å². The lowest BCUT2D eigenvalue weighted by molar-refractivity contribution is 0.260. The molecule has 2 nitrogen and oxygen atoms in total. The first kappa shape index (κ1) is 19.0. The van der Waals surface area contributed by atoms with Gasteiger partial charge in [0.05, 0.1) is 0 Å². The first-order valence-electron chi connectivity index (χ1n) is 7.76. The summed E-state index contributed by atoms with van der Waals surface area (Å²) in [7, 11) is 2.24. The molecule has 2 atom stereocenters. The summed E-state index contributed by atoms with van der Waals surface area (Å²) in [6.07, 6.45) is 4.50. The Morgan fingerprint density at radius 3 is 2.52 bits per heavy atom. The van der Waals surface area contributed by atoms with Crippen LogP contribution in [0.5, 0.6) is 0 Å².